The number of ether oxygens (including phenoxy) is 2. The van der Waals surface area contributed by atoms with Crippen LogP contribution in [0.15, 0.2) is 64.6 Å². The zero-order chi connectivity index (χ0) is 28.6. The van der Waals surface area contributed by atoms with Crippen molar-refractivity contribution in [1.29, 1.82) is 0 Å². The van der Waals surface area contributed by atoms with Gasteiger partial charge in [-0.3, -0.25) is 14.5 Å². The SMILES string of the molecule is CCCCOc1cccc(C(O)=C2C(=O)C(=O)N(c3nc4ccc(Cl)cc4s3)C2c2cc(Br)c(O)c(OC)c2)c1. The Kier molecular flexibility index (Phi) is 8.02. The Hall–Kier alpha value is -3.60. The summed E-state index contributed by atoms with van der Waals surface area (Å²) in [4.78, 5) is 33.0. The minimum atomic E-state index is -1.08. The molecular formula is C29H24BrClN2O6S. The van der Waals surface area contributed by atoms with E-state index in [1.54, 1.807) is 48.5 Å². The lowest BCUT2D eigenvalue weighted by Gasteiger charge is -2.24. The number of Topliss-reactive ketones (excluding diaryl/α,β-unsaturated/α-hetero) is 1. The first-order chi connectivity index (χ1) is 19.2. The highest BCUT2D eigenvalue weighted by atomic mass is 79.9. The zero-order valence-electron chi connectivity index (χ0n) is 21.5. The topological polar surface area (TPSA) is 109 Å². The van der Waals surface area contributed by atoms with E-state index in [4.69, 9.17) is 21.1 Å². The number of phenolic OH excluding ortho intramolecular Hbond substituents is 1. The molecule has 0 spiro atoms. The van der Waals surface area contributed by atoms with Crippen LogP contribution < -0.4 is 14.4 Å². The third kappa shape index (κ3) is 5.14. The molecule has 1 atom stereocenters. The van der Waals surface area contributed by atoms with E-state index in [9.17, 15) is 19.8 Å². The highest BCUT2D eigenvalue weighted by Gasteiger charge is 2.48. The minimum Gasteiger partial charge on any atom is -0.507 e. The molecule has 1 aromatic heterocycles. The molecule has 0 radical (unpaired) electrons. The summed E-state index contributed by atoms with van der Waals surface area (Å²) in [6, 6.07) is 13.9. The van der Waals surface area contributed by atoms with E-state index in [0.717, 1.165) is 17.5 Å². The van der Waals surface area contributed by atoms with Gasteiger partial charge < -0.3 is 19.7 Å². The maximum atomic E-state index is 13.6. The minimum absolute atomic E-state index is 0.123. The van der Waals surface area contributed by atoms with Crippen molar-refractivity contribution in [2.24, 2.45) is 0 Å². The lowest BCUT2D eigenvalue weighted by molar-refractivity contribution is -0.132. The van der Waals surface area contributed by atoms with Gasteiger partial charge in [0.1, 0.15) is 11.5 Å². The molecule has 1 saturated heterocycles. The van der Waals surface area contributed by atoms with Crippen molar-refractivity contribution in [2.45, 2.75) is 25.8 Å². The number of thiazole rings is 1. The fourth-order valence-corrected chi connectivity index (χ4v) is 6.19. The van der Waals surface area contributed by atoms with Crippen molar-refractivity contribution in [1.82, 2.24) is 4.98 Å². The maximum absolute atomic E-state index is 13.6. The summed E-state index contributed by atoms with van der Waals surface area (Å²) < 4.78 is 12.1. The van der Waals surface area contributed by atoms with E-state index in [1.165, 1.54) is 29.4 Å². The number of carbonyl (C=O) groups is 2. The first kappa shape index (κ1) is 27.9. The maximum Gasteiger partial charge on any atom is 0.301 e. The van der Waals surface area contributed by atoms with Gasteiger partial charge in [-0.25, -0.2) is 4.98 Å². The van der Waals surface area contributed by atoms with Gasteiger partial charge in [0, 0.05) is 10.6 Å². The summed E-state index contributed by atoms with van der Waals surface area (Å²) in [6.45, 7) is 2.56. The number of aromatic hydroxyl groups is 1. The van der Waals surface area contributed by atoms with Gasteiger partial charge in [0.2, 0.25) is 0 Å². The standard InChI is InChI=1S/C29H24BrClN2O6S/c1-3-4-10-39-18-7-5-6-15(11-18)25(34)23-24(16-12-19(30)26(35)21(13-16)38-2)33(28(37)27(23)36)29-32-20-9-8-17(31)14-22(20)40-29/h5-9,11-14,24,34-35H,3-4,10H2,1-2H3. The number of hydrogen-bond acceptors (Lipinski definition) is 8. The van der Waals surface area contributed by atoms with Crippen molar-refractivity contribution in [2.75, 3.05) is 18.6 Å². The molecule has 0 bridgehead atoms. The Morgan fingerprint density at radius 3 is 2.73 bits per heavy atom. The summed E-state index contributed by atoms with van der Waals surface area (Å²) in [6.07, 6.45) is 1.83. The number of hydrogen-bond donors (Lipinski definition) is 2. The van der Waals surface area contributed by atoms with Crippen LogP contribution in [0.2, 0.25) is 5.02 Å². The van der Waals surface area contributed by atoms with Crippen LogP contribution in [0.1, 0.15) is 36.9 Å². The summed E-state index contributed by atoms with van der Waals surface area (Å²) in [5.41, 5.74) is 1.20. The average Bonchev–Trinajstić information content (AvgIpc) is 3.47. The normalized spacial score (nSPS) is 16.6. The summed E-state index contributed by atoms with van der Waals surface area (Å²) in [5, 5.41) is 22.7. The Bertz CT molecular complexity index is 1670. The molecule has 1 aliphatic rings. The van der Waals surface area contributed by atoms with E-state index < -0.39 is 17.7 Å². The van der Waals surface area contributed by atoms with E-state index in [2.05, 4.69) is 27.8 Å². The fraction of sp³-hybridized carbons (Fsp3) is 0.207. The van der Waals surface area contributed by atoms with Gasteiger partial charge in [0.05, 0.1) is 40.0 Å². The molecular weight excluding hydrogens is 620 g/mol. The fourth-order valence-electron chi connectivity index (χ4n) is 4.46. The number of aliphatic hydroxyl groups excluding tert-OH is 1. The number of unbranched alkanes of at least 4 members (excludes halogenated alkanes) is 1. The number of methoxy groups -OCH3 is 1. The zero-order valence-corrected chi connectivity index (χ0v) is 24.6. The highest BCUT2D eigenvalue weighted by molar-refractivity contribution is 9.10. The molecule has 3 aromatic carbocycles. The van der Waals surface area contributed by atoms with Crippen molar-refractivity contribution in [3.05, 3.63) is 80.8 Å². The lowest BCUT2D eigenvalue weighted by Crippen LogP contribution is -2.29. The second kappa shape index (κ2) is 11.5. The quantitative estimate of drug-likeness (QED) is 0.0902. The van der Waals surface area contributed by atoms with Gasteiger partial charge in [0.25, 0.3) is 5.78 Å². The molecule has 206 valence electrons. The Morgan fingerprint density at radius 1 is 1.18 bits per heavy atom. The number of carbonyl (C=O) groups excluding carboxylic acids is 2. The first-order valence-electron chi connectivity index (χ1n) is 12.4. The van der Waals surface area contributed by atoms with E-state index in [0.29, 0.717) is 34.0 Å². The predicted molar refractivity (Wildman–Crippen MR) is 159 cm³/mol. The van der Waals surface area contributed by atoms with Gasteiger partial charge >= 0.3 is 5.91 Å². The third-order valence-electron chi connectivity index (χ3n) is 6.45. The molecule has 1 unspecified atom stereocenters. The van der Waals surface area contributed by atoms with E-state index >= 15 is 0 Å². The second-order valence-corrected chi connectivity index (χ2v) is 11.4. The summed E-state index contributed by atoms with van der Waals surface area (Å²) in [7, 11) is 1.39. The number of aromatic nitrogens is 1. The van der Waals surface area contributed by atoms with Gasteiger partial charge in [-0.05, 0) is 70.4 Å². The van der Waals surface area contributed by atoms with Gasteiger partial charge in [-0.15, -0.1) is 0 Å². The number of anilines is 1. The monoisotopic (exact) mass is 642 g/mol. The number of fused-ring (bicyclic) bond motifs is 1. The molecule has 5 rings (SSSR count). The number of nitrogens with zero attached hydrogens (tertiary/aromatic N) is 2. The van der Waals surface area contributed by atoms with E-state index in [-0.39, 0.29) is 32.4 Å². The number of benzene rings is 3. The van der Waals surface area contributed by atoms with Crippen LogP contribution in [0.4, 0.5) is 5.13 Å². The molecule has 8 nitrogen and oxygen atoms in total. The number of aliphatic hydroxyl groups is 1. The van der Waals surface area contributed by atoms with Gasteiger partial charge in [0.15, 0.2) is 16.6 Å². The average molecular weight is 644 g/mol. The largest absolute Gasteiger partial charge is 0.507 e. The highest BCUT2D eigenvalue weighted by Crippen LogP contribution is 2.47. The Labute approximate surface area is 247 Å². The molecule has 40 heavy (non-hydrogen) atoms. The molecule has 0 saturated carbocycles. The molecule has 2 N–H and O–H groups in total. The van der Waals surface area contributed by atoms with Crippen LogP contribution >= 0.6 is 38.9 Å². The lowest BCUT2D eigenvalue weighted by atomic mass is 9.95. The Balaban J connectivity index is 1.70. The third-order valence-corrected chi connectivity index (χ3v) is 8.31. The summed E-state index contributed by atoms with van der Waals surface area (Å²) in [5.74, 6) is -1.58. The smallest absolute Gasteiger partial charge is 0.301 e. The number of rotatable bonds is 8. The molecule has 1 aliphatic heterocycles. The van der Waals surface area contributed by atoms with Crippen molar-refractivity contribution in [3.63, 3.8) is 0 Å². The number of amides is 1. The molecule has 4 aromatic rings. The van der Waals surface area contributed by atoms with E-state index in [1.807, 2.05) is 0 Å². The number of ketones is 1. The van der Waals surface area contributed by atoms with Crippen molar-refractivity contribution in [3.8, 4) is 17.2 Å². The predicted octanol–water partition coefficient (Wildman–Crippen LogP) is 7.23. The molecule has 2 heterocycles. The van der Waals surface area contributed by atoms with Gasteiger partial charge in [-0.2, -0.15) is 0 Å². The molecule has 1 fully saturated rings. The summed E-state index contributed by atoms with van der Waals surface area (Å²) >= 11 is 10.7. The van der Waals surface area contributed by atoms with Crippen LogP contribution in [0, 0.1) is 0 Å². The van der Waals surface area contributed by atoms with Crippen LogP contribution in [-0.2, 0) is 9.59 Å². The first-order valence-corrected chi connectivity index (χ1v) is 14.4. The van der Waals surface area contributed by atoms with Crippen LogP contribution in [-0.4, -0.2) is 40.6 Å². The molecule has 0 aliphatic carbocycles. The number of halogens is 2. The molecule has 1 amide bonds. The number of phenols is 1. The van der Waals surface area contributed by atoms with Crippen LogP contribution in [0.3, 0.4) is 0 Å². The van der Waals surface area contributed by atoms with Crippen LogP contribution in [0.25, 0.3) is 16.0 Å². The van der Waals surface area contributed by atoms with Gasteiger partial charge in [-0.1, -0.05) is 48.4 Å². The van der Waals surface area contributed by atoms with Crippen molar-refractivity contribution < 1.29 is 29.3 Å². The molecule has 11 heteroatoms. The Morgan fingerprint density at radius 2 is 1.98 bits per heavy atom. The van der Waals surface area contributed by atoms with Crippen molar-refractivity contribution >= 4 is 71.7 Å². The second-order valence-electron chi connectivity index (χ2n) is 9.06. The van der Waals surface area contributed by atoms with Crippen LogP contribution in [0.5, 0.6) is 17.2 Å².